The number of carbonyl (C=O) groups is 1. The van der Waals surface area contributed by atoms with Gasteiger partial charge in [0.25, 0.3) is 5.91 Å². The van der Waals surface area contributed by atoms with Crippen molar-refractivity contribution in [3.05, 3.63) is 87.9 Å². The predicted octanol–water partition coefficient (Wildman–Crippen LogP) is 4.78. The van der Waals surface area contributed by atoms with Gasteiger partial charge in [-0.05, 0) is 42.3 Å². The van der Waals surface area contributed by atoms with E-state index in [2.05, 4.69) is 10.0 Å². The Kier molecular flexibility index (Phi) is 7.56. The molecule has 0 saturated heterocycles. The zero-order chi connectivity index (χ0) is 22.4. The molecule has 0 unspecified atom stereocenters. The quantitative estimate of drug-likeness (QED) is 0.487. The van der Waals surface area contributed by atoms with Gasteiger partial charge in [0.1, 0.15) is 10.6 Å². The maximum atomic E-state index is 12.9. The standard InChI is InChI=1S/C22H20Cl2N2O4S/c1-30-19-11-10-16(22(27)26-21-17(23)8-5-9-18(21)24)14-20(19)31(28,29)25-13-12-15-6-3-2-4-7-15/h2-11,14,25H,12-13H2,1H3,(H,26,27). The molecule has 31 heavy (non-hydrogen) atoms. The van der Waals surface area contributed by atoms with Crippen LogP contribution >= 0.6 is 23.2 Å². The molecule has 0 bridgehead atoms. The molecule has 9 heteroatoms. The summed E-state index contributed by atoms with van der Waals surface area (Å²) in [5, 5.41) is 3.15. The molecule has 0 fully saturated rings. The van der Waals surface area contributed by atoms with Crippen molar-refractivity contribution in [3.63, 3.8) is 0 Å². The first-order chi connectivity index (χ1) is 14.8. The van der Waals surface area contributed by atoms with Crippen molar-refractivity contribution < 1.29 is 17.9 Å². The molecular formula is C22H20Cl2N2O4S. The molecule has 3 rings (SSSR count). The number of methoxy groups -OCH3 is 1. The number of hydrogen-bond donors (Lipinski definition) is 2. The second kappa shape index (κ2) is 10.2. The van der Waals surface area contributed by atoms with E-state index in [4.69, 9.17) is 27.9 Å². The number of halogens is 2. The number of rotatable bonds is 8. The Morgan fingerprint density at radius 3 is 2.29 bits per heavy atom. The third kappa shape index (κ3) is 5.77. The van der Waals surface area contributed by atoms with E-state index >= 15 is 0 Å². The first kappa shape index (κ1) is 23.1. The molecule has 0 aliphatic carbocycles. The van der Waals surface area contributed by atoms with Crippen LogP contribution in [0.5, 0.6) is 5.75 Å². The van der Waals surface area contributed by atoms with Crippen LogP contribution in [0.25, 0.3) is 0 Å². The van der Waals surface area contributed by atoms with Gasteiger partial charge in [-0.2, -0.15) is 0 Å². The molecule has 0 aliphatic heterocycles. The summed E-state index contributed by atoms with van der Waals surface area (Å²) in [5.41, 5.74) is 1.36. The van der Waals surface area contributed by atoms with Crippen LogP contribution in [0.1, 0.15) is 15.9 Å². The SMILES string of the molecule is COc1ccc(C(=O)Nc2c(Cl)cccc2Cl)cc1S(=O)(=O)NCCc1ccccc1. The zero-order valence-electron chi connectivity index (χ0n) is 16.6. The Morgan fingerprint density at radius 2 is 1.65 bits per heavy atom. The first-order valence-electron chi connectivity index (χ1n) is 9.29. The molecule has 0 atom stereocenters. The van der Waals surface area contributed by atoms with Crippen molar-refractivity contribution in [2.75, 3.05) is 19.0 Å². The van der Waals surface area contributed by atoms with E-state index in [-0.39, 0.29) is 38.5 Å². The van der Waals surface area contributed by atoms with Crippen LogP contribution in [-0.2, 0) is 16.4 Å². The van der Waals surface area contributed by atoms with Gasteiger partial charge in [0.15, 0.2) is 0 Å². The van der Waals surface area contributed by atoms with E-state index in [1.165, 1.54) is 25.3 Å². The third-order valence-electron chi connectivity index (χ3n) is 4.47. The average Bonchev–Trinajstić information content (AvgIpc) is 2.76. The smallest absolute Gasteiger partial charge is 0.255 e. The molecule has 0 aliphatic rings. The Labute approximate surface area is 191 Å². The van der Waals surface area contributed by atoms with Crippen molar-refractivity contribution in [1.82, 2.24) is 4.72 Å². The minimum Gasteiger partial charge on any atom is -0.495 e. The second-order valence-corrected chi connectivity index (χ2v) is 9.10. The van der Waals surface area contributed by atoms with Gasteiger partial charge in [0.2, 0.25) is 10.0 Å². The third-order valence-corrected chi connectivity index (χ3v) is 6.58. The zero-order valence-corrected chi connectivity index (χ0v) is 18.9. The summed E-state index contributed by atoms with van der Waals surface area (Å²) in [7, 11) is -2.56. The summed E-state index contributed by atoms with van der Waals surface area (Å²) >= 11 is 12.2. The number of ether oxygens (including phenoxy) is 1. The van der Waals surface area contributed by atoms with Crippen molar-refractivity contribution in [3.8, 4) is 5.75 Å². The van der Waals surface area contributed by atoms with E-state index < -0.39 is 15.9 Å². The number of amides is 1. The maximum absolute atomic E-state index is 12.9. The largest absolute Gasteiger partial charge is 0.495 e. The number of nitrogens with one attached hydrogen (secondary N) is 2. The molecule has 3 aromatic carbocycles. The number of sulfonamides is 1. The van der Waals surface area contributed by atoms with Gasteiger partial charge in [-0.3, -0.25) is 4.79 Å². The summed E-state index contributed by atoms with van der Waals surface area (Å²) in [6.07, 6.45) is 0.521. The maximum Gasteiger partial charge on any atom is 0.255 e. The summed E-state index contributed by atoms with van der Waals surface area (Å²) < 4.78 is 33.5. The number of para-hydroxylation sites is 1. The van der Waals surface area contributed by atoms with E-state index in [0.29, 0.717) is 6.42 Å². The van der Waals surface area contributed by atoms with Gasteiger partial charge in [0.05, 0.1) is 22.8 Å². The molecule has 162 valence electrons. The molecule has 1 amide bonds. The Morgan fingerprint density at radius 1 is 0.968 bits per heavy atom. The molecule has 0 heterocycles. The van der Waals surface area contributed by atoms with Gasteiger partial charge in [-0.15, -0.1) is 0 Å². The van der Waals surface area contributed by atoms with E-state index in [0.717, 1.165) is 5.56 Å². The van der Waals surface area contributed by atoms with Crippen LogP contribution in [0.15, 0.2) is 71.6 Å². The summed E-state index contributed by atoms with van der Waals surface area (Å²) in [6, 6.07) is 18.5. The van der Waals surface area contributed by atoms with Crippen LogP contribution in [0.4, 0.5) is 5.69 Å². The van der Waals surface area contributed by atoms with E-state index in [9.17, 15) is 13.2 Å². The number of anilines is 1. The van der Waals surface area contributed by atoms with E-state index in [1.807, 2.05) is 30.3 Å². The minimum atomic E-state index is -3.93. The molecule has 2 N–H and O–H groups in total. The van der Waals surface area contributed by atoms with Crippen molar-refractivity contribution in [1.29, 1.82) is 0 Å². The highest BCUT2D eigenvalue weighted by atomic mass is 35.5. The Balaban J connectivity index is 1.81. The number of carbonyl (C=O) groups excluding carboxylic acids is 1. The van der Waals surface area contributed by atoms with Crippen molar-refractivity contribution >= 4 is 44.8 Å². The summed E-state index contributed by atoms with van der Waals surface area (Å²) in [6.45, 7) is 0.196. The number of hydrogen-bond acceptors (Lipinski definition) is 4. The Bertz CT molecular complexity index is 1170. The highest BCUT2D eigenvalue weighted by molar-refractivity contribution is 7.89. The lowest BCUT2D eigenvalue weighted by Gasteiger charge is -2.13. The van der Waals surface area contributed by atoms with Gasteiger partial charge in [-0.25, -0.2) is 13.1 Å². The molecule has 0 spiro atoms. The van der Waals surface area contributed by atoms with Crippen molar-refractivity contribution in [2.45, 2.75) is 11.3 Å². The highest BCUT2D eigenvalue weighted by Gasteiger charge is 2.22. The van der Waals surface area contributed by atoms with Crippen LogP contribution in [-0.4, -0.2) is 28.0 Å². The average molecular weight is 479 g/mol. The van der Waals surface area contributed by atoms with Crippen LogP contribution in [0.2, 0.25) is 10.0 Å². The second-order valence-electron chi connectivity index (χ2n) is 6.55. The fourth-order valence-corrected chi connectivity index (χ4v) is 4.60. The minimum absolute atomic E-state index is 0.111. The van der Waals surface area contributed by atoms with Crippen LogP contribution in [0, 0.1) is 0 Å². The number of benzene rings is 3. The fourth-order valence-electron chi connectivity index (χ4n) is 2.88. The predicted molar refractivity (Wildman–Crippen MR) is 123 cm³/mol. The summed E-state index contributed by atoms with van der Waals surface area (Å²) in [5.74, 6) is -0.432. The lowest BCUT2D eigenvalue weighted by Crippen LogP contribution is -2.27. The molecular weight excluding hydrogens is 459 g/mol. The molecule has 3 aromatic rings. The van der Waals surface area contributed by atoms with E-state index in [1.54, 1.807) is 18.2 Å². The molecule has 0 saturated carbocycles. The van der Waals surface area contributed by atoms with Crippen molar-refractivity contribution in [2.24, 2.45) is 0 Å². The Hall–Kier alpha value is -2.58. The van der Waals surface area contributed by atoms with Crippen LogP contribution in [0.3, 0.4) is 0 Å². The van der Waals surface area contributed by atoms with Crippen LogP contribution < -0.4 is 14.8 Å². The lowest BCUT2D eigenvalue weighted by atomic mass is 10.2. The normalized spacial score (nSPS) is 11.2. The molecule has 6 nitrogen and oxygen atoms in total. The van der Waals surface area contributed by atoms with Gasteiger partial charge >= 0.3 is 0 Å². The highest BCUT2D eigenvalue weighted by Crippen LogP contribution is 2.31. The molecule has 0 radical (unpaired) electrons. The topological polar surface area (TPSA) is 84.5 Å². The lowest BCUT2D eigenvalue weighted by molar-refractivity contribution is 0.102. The first-order valence-corrected chi connectivity index (χ1v) is 11.5. The van der Waals surface area contributed by atoms with Gasteiger partial charge < -0.3 is 10.1 Å². The van der Waals surface area contributed by atoms with Gasteiger partial charge in [-0.1, -0.05) is 59.6 Å². The van der Waals surface area contributed by atoms with Gasteiger partial charge in [0, 0.05) is 12.1 Å². The molecule has 0 aromatic heterocycles. The fraction of sp³-hybridized carbons (Fsp3) is 0.136. The monoisotopic (exact) mass is 478 g/mol. The summed E-state index contributed by atoms with van der Waals surface area (Å²) in [4.78, 5) is 12.6.